The van der Waals surface area contributed by atoms with Gasteiger partial charge in [-0.2, -0.15) is 0 Å². The quantitative estimate of drug-likeness (QED) is 0.667. The normalized spacial score (nSPS) is 17.8. The summed E-state index contributed by atoms with van der Waals surface area (Å²) in [5, 5.41) is 2.62. The van der Waals surface area contributed by atoms with E-state index in [0.29, 0.717) is 17.7 Å². The van der Waals surface area contributed by atoms with Crippen LogP contribution in [0, 0.1) is 5.82 Å². The minimum atomic E-state index is -0.521. The number of ketones is 1. The highest BCUT2D eigenvalue weighted by atomic mass is 35.5. The zero-order valence-electron chi connectivity index (χ0n) is 9.22. The molecule has 0 spiro atoms. The number of anilines is 1. The van der Waals surface area contributed by atoms with Gasteiger partial charge in [-0.3, -0.25) is 9.59 Å². The smallest absolute Gasteiger partial charge is 0.232 e. The first-order valence-electron chi connectivity index (χ1n) is 5.32. The molecule has 1 heterocycles. The average Bonchev–Trinajstić information content (AvgIpc) is 2.62. The first-order chi connectivity index (χ1) is 8.08. The van der Waals surface area contributed by atoms with E-state index in [-0.39, 0.29) is 29.1 Å². The molecule has 1 aliphatic rings. The standard InChI is InChI=1S/C12H11ClFNO2/c1-2-7-8-3-6(14)4-9(10(16)5-13)11(8)15-12(7)17/h3-4,7H,2,5H2,1H3,(H,15,17). The van der Waals surface area contributed by atoms with Crippen LogP contribution in [0.2, 0.25) is 0 Å². The van der Waals surface area contributed by atoms with E-state index in [1.165, 1.54) is 6.07 Å². The highest BCUT2D eigenvalue weighted by Crippen LogP contribution is 2.37. The molecule has 1 unspecified atom stereocenters. The van der Waals surface area contributed by atoms with Crippen LogP contribution in [-0.4, -0.2) is 17.6 Å². The monoisotopic (exact) mass is 255 g/mol. The van der Waals surface area contributed by atoms with Crippen molar-refractivity contribution in [3.63, 3.8) is 0 Å². The maximum absolute atomic E-state index is 13.4. The van der Waals surface area contributed by atoms with Gasteiger partial charge >= 0.3 is 0 Å². The molecule has 0 aromatic heterocycles. The topological polar surface area (TPSA) is 46.2 Å². The molecule has 1 amide bonds. The van der Waals surface area contributed by atoms with E-state index < -0.39 is 5.82 Å². The predicted octanol–water partition coefficient (Wildman–Crippen LogP) is 2.69. The first kappa shape index (κ1) is 12.0. The maximum atomic E-state index is 13.4. The number of carbonyl (C=O) groups is 2. The number of fused-ring (bicyclic) bond motifs is 1. The van der Waals surface area contributed by atoms with Crippen LogP contribution in [0.5, 0.6) is 0 Å². The molecule has 1 aromatic carbocycles. The summed E-state index contributed by atoms with van der Waals surface area (Å²) in [6, 6.07) is 2.41. The van der Waals surface area contributed by atoms with Gasteiger partial charge in [0.05, 0.1) is 17.5 Å². The van der Waals surface area contributed by atoms with Gasteiger partial charge < -0.3 is 5.32 Å². The predicted molar refractivity (Wildman–Crippen MR) is 63.1 cm³/mol. The van der Waals surface area contributed by atoms with Crippen molar-refractivity contribution in [2.45, 2.75) is 19.3 Å². The summed E-state index contributed by atoms with van der Waals surface area (Å²) in [5.74, 6) is -1.73. The second-order valence-electron chi connectivity index (χ2n) is 3.92. The summed E-state index contributed by atoms with van der Waals surface area (Å²) in [6.07, 6.45) is 0.566. The van der Waals surface area contributed by atoms with Crippen LogP contribution in [0.25, 0.3) is 0 Å². The molecule has 1 atom stereocenters. The number of Topliss-reactive ketones (excluding diaryl/α,β-unsaturated/α-hetero) is 1. The number of benzene rings is 1. The zero-order chi connectivity index (χ0) is 12.6. The van der Waals surface area contributed by atoms with Crippen molar-refractivity contribution in [1.29, 1.82) is 0 Å². The van der Waals surface area contributed by atoms with Gasteiger partial charge in [-0.15, -0.1) is 11.6 Å². The third kappa shape index (κ3) is 1.93. The van der Waals surface area contributed by atoms with Gasteiger partial charge in [0.25, 0.3) is 0 Å². The Morgan fingerprint density at radius 3 is 2.82 bits per heavy atom. The summed E-state index contributed by atoms with van der Waals surface area (Å²) in [4.78, 5) is 23.2. The lowest BCUT2D eigenvalue weighted by Crippen LogP contribution is -2.11. The minimum Gasteiger partial charge on any atom is -0.325 e. The number of rotatable bonds is 3. The molecular weight excluding hydrogens is 245 g/mol. The van der Waals surface area contributed by atoms with Crippen molar-refractivity contribution in [2.24, 2.45) is 0 Å². The lowest BCUT2D eigenvalue weighted by Gasteiger charge is -2.07. The number of amides is 1. The van der Waals surface area contributed by atoms with Gasteiger partial charge in [0, 0.05) is 5.56 Å². The largest absolute Gasteiger partial charge is 0.325 e. The average molecular weight is 256 g/mol. The van der Waals surface area contributed by atoms with Gasteiger partial charge in [-0.1, -0.05) is 6.92 Å². The van der Waals surface area contributed by atoms with Gasteiger partial charge in [-0.25, -0.2) is 4.39 Å². The number of nitrogens with one attached hydrogen (secondary N) is 1. The summed E-state index contributed by atoms with van der Waals surface area (Å²) in [5.41, 5.74) is 1.11. The lowest BCUT2D eigenvalue weighted by atomic mass is 9.95. The number of hydrogen-bond donors (Lipinski definition) is 1. The SMILES string of the molecule is CCC1C(=O)Nc2c(C(=O)CCl)cc(F)cc21. The maximum Gasteiger partial charge on any atom is 0.232 e. The van der Waals surface area contributed by atoms with Crippen LogP contribution in [-0.2, 0) is 4.79 Å². The second kappa shape index (κ2) is 4.45. The molecule has 0 saturated heterocycles. The third-order valence-corrected chi connectivity index (χ3v) is 3.15. The number of alkyl halides is 1. The number of carbonyl (C=O) groups excluding carboxylic acids is 2. The fourth-order valence-corrected chi connectivity index (χ4v) is 2.23. The van der Waals surface area contributed by atoms with E-state index in [9.17, 15) is 14.0 Å². The summed E-state index contributed by atoms with van der Waals surface area (Å²) >= 11 is 5.46. The Kier molecular flexibility index (Phi) is 3.15. The number of hydrogen-bond acceptors (Lipinski definition) is 2. The molecule has 0 saturated carbocycles. The molecule has 0 aliphatic carbocycles. The van der Waals surface area contributed by atoms with E-state index in [4.69, 9.17) is 11.6 Å². The lowest BCUT2D eigenvalue weighted by molar-refractivity contribution is -0.117. The van der Waals surface area contributed by atoms with Crippen molar-refractivity contribution in [3.8, 4) is 0 Å². The summed E-state index contributed by atoms with van der Waals surface area (Å²) in [6.45, 7) is 1.84. The molecule has 90 valence electrons. The van der Waals surface area contributed by atoms with Gasteiger partial charge in [0.2, 0.25) is 5.91 Å². The molecule has 0 radical (unpaired) electrons. The van der Waals surface area contributed by atoms with Crippen LogP contribution in [0.3, 0.4) is 0 Å². The van der Waals surface area contributed by atoms with Crippen LogP contribution < -0.4 is 5.32 Å². The van der Waals surface area contributed by atoms with E-state index in [1.54, 1.807) is 0 Å². The Labute approximate surface area is 103 Å². The van der Waals surface area contributed by atoms with Crippen molar-refractivity contribution < 1.29 is 14.0 Å². The fourth-order valence-electron chi connectivity index (χ4n) is 2.09. The molecule has 17 heavy (non-hydrogen) atoms. The first-order valence-corrected chi connectivity index (χ1v) is 5.85. The molecule has 0 bridgehead atoms. The Hall–Kier alpha value is -1.42. The summed E-state index contributed by atoms with van der Waals surface area (Å²) in [7, 11) is 0. The van der Waals surface area contributed by atoms with Crippen LogP contribution >= 0.6 is 11.6 Å². The Morgan fingerprint density at radius 1 is 1.53 bits per heavy atom. The molecule has 5 heteroatoms. The highest BCUT2D eigenvalue weighted by Gasteiger charge is 2.32. The van der Waals surface area contributed by atoms with Crippen LogP contribution in [0.4, 0.5) is 10.1 Å². The Morgan fingerprint density at radius 2 is 2.24 bits per heavy atom. The Bertz CT molecular complexity index is 502. The van der Waals surface area contributed by atoms with Gasteiger partial charge in [0.15, 0.2) is 5.78 Å². The van der Waals surface area contributed by atoms with Crippen molar-refractivity contribution in [1.82, 2.24) is 0 Å². The van der Waals surface area contributed by atoms with E-state index >= 15 is 0 Å². The van der Waals surface area contributed by atoms with Crippen molar-refractivity contribution in [3.05, 3.63) is 29.1 Å². The molecule has 1 N–H and O–H groups in total. The van der Waals surface area contributed by atoms with Crippen LogP contribution in [0.15, 0.2) is 12.1 Å². The van der Waals surface area contributed by atoms with E-state index in [1.807, 2.05) is 6.92 Å². The molecule has 1 aliphatic heterocycles. The molecule has 3 nitrogen and oxygen atoms in total. The second-order valence-corrected chi connectivity index (χ2v) is 4.19. The van der Waals surface area contributed by atoms with E-state index in [2.05, 4.69) is 5.32 Å². The Balaban J connectivity index is 2.59. The fraction of sp³-hybridized carbons (Fsp3) is 0.333. The van der Waals surface area contributed by atoms with Gasteiger partial charge in [0.1, 0.15) is 5.82 Å². The van der Waals surface area contributed by atoms with Crippen molar-refractivity contribution >= 4 is 29.0 Å². The zero-order valence-corrected chi connectivity index (χ0v) is 9.97. The van der Waals surface area contributed by atoms with Crippen LogP contribution in [0.1, 0.15) is 35.2 Å². The highest BCUT2D eigenvalue weighted by molar-refractivity contribution is 6.31. The number of halogens is 2. The molecule has 1 aromatic rings. The summed E-state index contributed by atoms with van der Waals surface area (Å²) < 4.78 is 13.4. The van der Waals surface area contributed by atoms with Gasteiger partial charge in [-0.05, 0) is 24.1 Å². The van der Waals surface area contributed by atoms with E-state index in [0.717, 1.165) is 6.07 Å². The molecule has 0 fully saturated rings. The third-order valence-electron chi connectivity index (χ3n) is 2.90. The molecular formula is C12H11ClFNO2. The molecule has 2 rings (SSSR count). The minimum absolute atomic E-state index is 0.152. The van der Waals surface area contributed by atoms with Crippen molar-refractivity contribution in [2.75, 3.05) is 11.2 Å².